The zero-order chi connectivity index (χ0) is 22.3. The van der Waals surface area contributed by atoms with Crippen molar-refractivity contribution in [3.8, 4) is 0 Å². The second-order valence-corrected chi connectivity index (χ2v) is 7.57. The molecule has 1 amide bonds. The van der Waals surface area contributed by atoms with Crippen LogP contribution in [0.2, 0.25) is 0 Å². The van der Waals surface area contributed by atoms with E-state index in [0.717, 1.165) is 11.3 Å². The maximum absolute atomic E-state index is 13.4. The molecule has 32 heavy (non-hydrogen) atoms. The summed E-state index contributed by atoms with van der Waals surface area (Å²) >= 11 is 0. The van der Waals surface area contributed by atoms with E-state index in [4.69, 9.17) is 0 Å². The second-order valence-electron chi connectivity index (χ2n) is 7.57. The highest BCUT2D eigenvalue weighted by Gasteiger charge is 2.20. The zero-order valence-corrected chi connectivity index (χ0v) is 17.5. The standard InChI is InChI=1S/C26H23N3O3/c30-26(23-13-7-14-24(17-23)29(31)32)28(19-22-11-5-2-6-12-22)20-25-15-8-16-27(25)18-21-9-3-1-4-10-21/h1-17H,18-20H2. The molecule has 0 bridgehead atoms. The zero-order valence-electron chi connectivity index (χ0n) is 17.5. The number of non-ortho nitro benzene ring substituents is 1. The third-order valence-corrected chi connectivity index (χ3v) is 5.28. The van der Waals surface area contributed by atoms with E-state index < -0.39 is 4.92 Å². The van der Waals surface area contributed by atoms with E-state index in [0.29, 0.717) is 25.2 Å². The molecular weight excluding hydrogens is 402 g/mol. The first-order valence-corrected chi connectivity index (χ1v) is 10.4. The van der Waals surface area contributed by atoms with Gasteiger partial charge in [-0.15, -0.1) is 0 Å². The Morgan fingerprint density at radius 1 is 0.812 bits per heavy atom. The second kappa shape index (κ2) is 9.75. The van der Waals surface area contributed by atoms with Gasteiger partial charge in [0.1, 0.15) is 0 Å². The molecule has 0 spiro atoms. The van der Waals surface area contributed by atoms with Crippen LogP contribution in [-0.2, 0) is 19.6 Å². The molecule has 0 saturated carbocycles. The van der Waals surface area contributed by atoms with Crippen molar-refractivity contribution in [2.24, 2.45) is 0 Å². The van der Waals surface area contributed by atoms with E-state index in [-0.39, 0.29) is 11.6 Å². The van der Waals surface area contributed by atoms with Gasteiger partial charge in [0, 0.05) is 42.7 Å². The molecule has 4 rings (SSSR count). The molecule has 0 radical (unpaired) electrons. The molecule has 3 aromatic carbocycles. The number of carbonyl (C=O) groups is 1. The van der Waals surface area contributed by atoms with E-state index >= 15 is 0 Å². The summed E-state index contributed by atoms with van der Waals surface area (Å²) in [5, 5.41) is 11.2. The fraction of sp³-hybridized carbons (Fsp3) is 0.115. The Morgan fingerprint density at radius 3 is 2.19 bits per heavy atom. The van der Waals surface area contributed by atoms with Crippen LogP contribution < -0.4 is 0 Å². The van der Waals surface area contributed by atoms with Crippen LogP contribution >= 0.6 is 0 Å². The van der Waals surface area contributed by atoms with E-state index in [9.17, 15) is 14.9 Å². The number of aromatic nitrogens is 1. The molecule has 0 unspecified atom stereocenters. The van der Waals surface area contributed by atoms with Crippen molar-refractivity contribution in [3.63, 3.8) is 0 Å². The van der Waals surface area contributed by atoms with Crippen LogP contribution in [0, 0.1) is 10.1 Å². The van der Waals surface area contributed by atoms with E-state index in [1.807, 2.05) is 66.9 Å². The minimum absolute atomic E-state index is 0.0945. The van der Waals surface area contributed by atoms with Crippen molar-refractivity contribution in [2.75, 3.05) is 0 Å². The lowest BCUT2D eigenvalue weighted by molar-refractivity contribution is -0.384. The van der Waals surface area contributed by atoms with E-state index in [1.165, 1.54) is 17.7 Å². The van der Waals surface area contributed by atoms with Crippen LogP contribution in [0.25, 0.3) is 0 Å². The highest BCUT2D eigenvalue weighted by molar-refractivity contribution is 5.94. The number of nitro benzene ring substituents is 1. The van der Waals surface area contributed by atoms with Gasteiger partial charge < -0.3 is 9.47 Å². The summed E-state index contributed by atoms with van der Waals surface area (Å²) < 4.78 is 2.12. The van der Waals surface area contributed by atoms with Gasteiger partial charge in [0.25, 0.3) is 11.6 Å². The fourth-order valence-electron chi connectivity index (χ4n) is 3.66. The van der Waals surface area contributed by atoms with Gasteiger partial charge in [0.05, 0.1) is 11.5 Å². The summed E-state index contributed by atoms with van der Waals surface area (Å²) in [6.07, 6.45) is 2.00. The van der Waals surface area contributed by atoms with Crippen molar-refractivity contribution >= 4 is 11.6 Å². The van der Waals surface area contributed by atoms with Crippen LogP contribution in [-0.4, -0.2) is 20.3 Å². The number of hydrogen-bond donors (Lipinski definition) is 0. The lowest BCUT2D eigenvalue weighted by Gasteiger charge is -2.24. The van der Waals surface area contributed by atoms with Gasteiger partial charge in [0.2, 0.25) is 0 Å². The quantitative estimate of drug-likeness (QED) is 0.285. The first-order valence-electron chi connectivity index (χ1n) is 10.4. The Hall–Kier alpha value is -4.19. The van der Waals surface area contributed by atoms with Crippen molar-refractivity contribution in [1.82, 2.24) is 9.47 Å². The van der Waals surface area contributed by atoms with E-state index in [2.05, 4.69) is 16.7 Å². The smallest absolute Gasteiger partial charge is 0.270 e. The largest absolute Gasteiger partial charge is 0.345 e. The van der Waals surface area contributed by atoms with Crippen LogP contribution in [0.15, 0.2) is 103 Å². The molecule has 0 N–H and O–H groups in total. The third-order valence-electron chi connectivity index (χ3n) is 5.28. The van der Waals surface area contributed by atoms with Crippen LogP contribution in [0.1, 0.15) is 27.2 Å². The molecule has 6 heteroatoms. The minimum Gasteiger partial charge on any atom is -0.345 e. The van der Waals surface area contributed by atoms with Gasteiger partial charge in [-0.2, -0.15) is 0 Å². The Labute approximate surface area is 186 Å². The minimum atomic E-state index is -0.483. The predicted octanol–water partition coefficient (Wildman–Crippen LogP) is 5.29. The van der Waals surface area contributed by atoms with Crippen molar-refractivity contribution in [2.45, 2.75) is 19.6 Å². The molecule has 0 aliphatic heterocycles. The summed E-state index contributed by atoms with van der Waals surface area (Å²) in [5.41, 5.74) is 3.36. The van der Waals surface area contributed by atoms with Crippen LogP contribution in [0.5, 0.6) is 0 Å². The fourth-order valence-corrected chi connectivity index (χ4v) is 3.66. The van der Waals surface area contributed by atoms with Gasteiger partial charge >= 0.3 is 0 Å². The molecule has 0 aliphatic rings. The molecule has 0 saturated heterocycles. The number of carbonyl (C=O) groups excluding carboxylic acids is 1. The first kappa shape index (κ1) is 21.1. The number of nitro groups is 1. The average Bonchev–Trinajstić information content (AvgIpc) is 3.26. The maximum Gasteiger partial charge on any atom is 0.270 e. The summed E-state index contributed by atoms with van der Waals surface area (Å²) in [4.78, 5) is 25.8. The Bertz CT molecular complexity index is 1200. The van der Waals surface area contributed by atoms with Crippen molar-refractivity contribution < 1.29 is 9.72 Å². The van der Waals surface area contributed by atoms with Crippen molar-refractivity contribution in [3.05, 3.63) is 136 Å². The van der Waals surface area contributed by atoms with Crippen LogP contribution in [0.4, 0.5) is 5.69 Å². The monoisotopic (exact) mass is 425 g/mol. The predicted molar refractivity (Wildman–Crippen MR) is 123 cm³/mol. The third kappa shape index (κ3) is 5.10. The van der Waals surface area contributed by atoms with Crippen LogP contribution in [0.3, 0.4) is 0 Å². The average molecular weight is 425 g/mol. The molecular formula is C26H23N3O3. The van der Waals surface area contributed by atoms with Gasteiger partial charge in [-0.25, -0.2) is 0 Å². The van der Waals surface area contributed by atoms with E-state index in [1.54, 1.807) is 17.0 Å². The highest BCUT2D eigenvalue weighted by atomic mass is 16.6. The maximum atomic E-state index is 13.4. The molecule has 0 aliphatic carbocycles. The Balaban J connectivity index is 1.62. The number of rotatable bonds is 8. The van der Waals surface area contributed by atoms with Gasteiger partial charge in [-0.1, -0.05) is 66.7 Å². The normalized spacial score (nSPS) is 10.6. The van der Waals surface area contributed by atoms with Gasteiger partial charge in [-0.05, 0) is 29.3 Å². The molecule has 4 aromatic rings. The summed E-state index contributed by atoms with van der Waals surface area (Å²) in [6, 6.07) is 29.7. The van der Waals surface area contributed by atoms with Gasteiger partial charge in [-0.3, -0.25) is 14.9 Å². The van der Waals surface area contributed by atoms with Crippen molar-refractivity contribution in [1.29, 1.82) is 0 Å². The Kier molecular flexibility index (Phi) is 6.41. The van der Waals surface area contributed by atoms with Gasteiger partial charge in [0.15, 0.2) is 0 Å². The molecule has 1 heterocycles. The molecule has 0 atom stereocenters. The molecule has 1 aromatic heterocycles. The number of hydrogen-bond acceptors (Lipinski definition) is 3. The topological polar surface area (TPSA) is 68.4 Å². The number of nitrogens with zero attached hydrogens (tertiary/aromatic N) is 3. The summed E-state index contributed by atoms with van der Waals surface area (Å²) in [5.74, 6) is -0.245. The first-order chi connectivity index (χ1) is 15.6. The lowest BCUT2D eigenvalue weighted by atomic mass is 10.1. The summed E-state index contributed by atoms with van der Waals surface area (Å²) in [6.45, 7) is 1.49. The summed E-state index contributed by atoms with van der Waals surface area (Å²) in [7, 11) is 0. The number of amides is 1. The highest BCUT2D eigenvalue weighted by Crippen LogP contribution is 2.19. The lowest BCUT2D eigenvalue weighted by Crippen LogP contribution is -2.31. The SMILES string of the molecule is O=C(c1cccc([N+](=O)[O-])c1)N(Cc1ccccc1)Cc1cccn1Cc1ccccc1. The number of benzene rings is 3. The molecule has 160 valence electrons. The molecule has 6 nitrogen and oxygen atoms in total. The molecule has 0 fully saturated rings. The Morgan fingerprint density at radius 2 is 1.50 bits per heavy atom.